The lowest BCUT2D eigenvalue weighted by atomic mass is 10.2. The molecule has 1 saturated heterocycles. The van der Waals surface area contributed by atoms with Gasteiger partial charge in [-0.1, -0.05) is 30.3 Å². The quantitative estimate of drug-likeness (QED) is 0.781. The molecule has 2 rings (SSSR count). The molecule has 0 radical (unpaired) electrons. The van der Waals surface area contributed by atoms with E-state index in [4.69, 9.17) is 0 Å². The van der Waals surface area contributed by atoms with Crippen molar-refractivity contribution < 1.29 is 18.6 Å². The number of hydrogen-bond donors (Lipinski definition) is 2. The Hall–Kier alpha value is -0.950. The minimum absolute atomic E-state index is 0.00352. The summed E-state index contributed by atoms with van der Waals surface area (Å²) < 4.78 is 25.2. The van der Waals surface area contributed by atoms with Crippen LogP contribution >= 0.6 is 0 Å². The van der Waals surface area contributed by atoms with Gasteiger partial charge in [-0.2, -0.15) is 4.31 Å². The van der Waals surface area contributed by atoms with Gasteiger partial charge in [-0.25, -0.2) is 8.42 Å². The topological polar surface area (TPSA) is 77.8 Å². The fourth-order valence-corrected chi connectivity index (χ4v) is 3.49. The maximum atomic E-state index is 12.0. The van der Waals surface area contributed by atoms with Gasteiger partial charge in [0.25, 0.3) is 0 Å². The third-order valence-corrected chi connectivity index (χ3v) is 4.92. The summed E-state index contributed by atoms with van der Waals surface area (Å²) in [5.41, 5.74) is 0.960. The Bertz CT molecular complexity index is 478. The molecule has 100 valence electrons. The highest BCUT2D eigenvalue weighted by molar-refractivity contribution is 7.89. The van der Waals surface area contributed by atoms with Crippen LogP contribution in [-0.2, 0) is 16.4 Å². The molecule has 1 aromatic rings. The summed E-state index contributed by atoms with van der Waals surface area (Å²) in [6.45, 7) is -0.0312. The molecule has 1 aliphatic heterocycles. The number of rotatable bonds is 4. The van der Waals surface area contributed by atoms with Crippen molar-refractivity contribution in [3.05, 3.63) is 35.9 Å². The fraction of sp³-hybridized carbons (Fsp3) is 0.500. The van der Waals surface area contributed by atoms with Gasteiger partial charge in [-0.3, -0.25) is 0 Å². The van der Waals surface area contributed by atoms with Crippen LogP contribution in [0.15, 0.2) is 30.3 Å². The van der Waals surface area contributed by atoms with Gasteiger partial charge < -0.3 is 10.2 Å². The van der Waals surface area contributed by atoms with Crippen molar-refractivity contribution in [2.45, 2.75) is 18.6 Å². The number of nitrogens with zero attached hydrogens (tertiary/aromatic N) is 1. The van der Waals surface area contributed by atoms with Crippen LogP contribution in [-0.4, -0.2) is 54.0 Å². The summed E-state index contributed by atoms with van der Waals surface area (Å²) in [6, 6.07) is 9.37. The Morgan fingerprint density at radius 1 is 1.11 bits per heavy atom. The summed E-state index contributed by atoms with van der Waals surface area (Å²) in [5, 5.41) is 18.7. The zero-order valence-electron chi connectivity index (χ0n) is 9.94. The molecule has 2 atom stereocenters. The SMILES string of the molecule is O=S(=O)(CCc1ccccc1)N1C[C@@H](O)[C@@H](O)C1. The summed E-state index contributed by atoms with van der Waals surface area (Å²) in [4.78, 5) is 0. The van der Waals surface area contributed by atoms with Gasteiger partial charge in [0.1, 0.15) is 0 Å². The maximum absolute atomic E-state index is 12.0. The third kappa shape index (κ3) is 3.08. The van der Waals surface area contributed by atoms with E-state index in [-0.39, 0.29) is 18.8 Å². The van der Waals surface area contributed by atoms with Gasteiger partial charge in [-0.05, 0) is 12.0 Å². The van der Waals surface area contributed by atoms with Crippen molar-refractivity contribution in [2.24, 2.45) is 0 Å². The van der Waals surface area contributed by atoms with Crippen LogP contribution in [0.3, 0.4) is 0 Å². The van der Waals surface area contributed by atoms with Crippen LogP contribution < -0.4 is 0 Å². The Labute approximate surface area is 107 Å². The van der Waals surface area contributed by atoms with E-state index in [1.807, 2.05) is 30.3 Å². The van der Waals surface area contributed by atoms with E-state index in [2.05, 4.69) is 0 Å². The lowest BCUT2D eigenvalue weighted by Crippen LogP contribution is -2.32. The van der Waals surface area contributed by atoms with Crippen LogP contribution in [0.2, 0.25) is 0 Å². The third-order valence-electron chi connectivity index (χ3n) is 3.11. The minimum atomic E-state index is -3.41. The van der Waals surface area contributed by atoms with E-state index in [0.717, 1.165) is 9.87 Å². The van der Waals surface area contributed by atoms with E-state index in [9.17, 15) is 18.6 Å². The molecule has 0 aromatic heterocycles. The van der Waals surface area contributed by atoms with E-state index in [0.29, 0.717) is 6.42 Å². The predicted octanol–water partition coefficient (Wildman–Crippen LogP) is -0.404. The number of aliphatic hydroxyl groups excluding tert-OH is 2. The largest absolute Gasteiger partial charge is 0.389 e. The molecule has 0 bridgehead atoms. The van der Waals surface area contributed by atoms with Crippen LogP contribution in [0.1, 0.15) is 5.56 Å². The number of hydrogen-bond acceptors (Lipinski definition) is 4. The molecule has 1 aliphatic rings. The highest BCUT2D eigenvalue weighted by Crippen LogP contribution is 2.15. The first-order valence-corrected chi connectivity index (χ1v) is 7.48. The average molecular weight is 271 g/mol. The molecule has 1 heterocycles. The van der Waals surface area contributed by atoms with Gasteiger partial charge in [-0.15, -0.1) is 0 Å². The molecule has 0 spiro atoms. The zero-order chi connectivity index (χ0) is 13.2. The Kier molecular flexibility index (Phi) is 4.01. The molecule has 1 fully saturated rings. The molecule has 2 N–H and O–H groups in total. The fourth-order valence-electron chi connectivity index (χ4n) is 1.98. The Morgan fingerprint density at radius 3 is 2.22 bits per heavy atom. The van der Waals surface area contributed by atoms with E-state index >= 15 is 0 Å². The zero-order valence-corrected chi connectivity index (χ0v) is 10.8. The summed E-state index contributed by atoms with van der Waals surface area (Å²) in [5.74, 6) is -0.00352. The molecule has 0 unspecified atom stereocenters. The maximum Gasteiger partial charge on any atom is 0.214 e. The van der Waals surface area contributed by atoms with Crippen molar-refractivity contribution in [1.82, 2.24) is 4.31 Å². The molecule has 1 aromatic carbocycles. The van der Waals surface area contributed by atoms with Crippen molar-refractivity contribution >= 4 is 10.0 Å². The first kappa shape index (κ1) is 13.5. The number of sulfonamides is 1. The standard InChI is InChI=1S/C12H17NO4S/c14-11-8-13(9-12(11)15)18(16,17)7-6-10-4-2-1-3-5-10/h1-5,11-12,14-15H,6-9H2/t11-,12+. The summed E-state index contributed by atoms with van der Waals surface area (Å²) in [7, 11) is -3.41. The van der Waals surface area contributed by atoms with Gasteiger partial charge >= 0.3 is 0 Å². The molecule has 18 heavy (non-hydrogen) atoms. The Balaban J connectivity index is 1.96. The molecule has 0 amide bonds. The van der Waals surface area contributed by atoms with Crippen molar-refractivity contribution in [1.29, 1.82) is 0 Å². The van der Waals surface area contributed by atoms with Gasteiger partial charge in [0.05, 0.1) is 18.0 Å². The van der Waals surface area contributed by atoms with Crippen molar-refractivity contribution in [3.8, 4) is 0 Å². The molecular weight excluding hydrogens is 254 g/mol. The molecular formula is C12H17NO4S. The van der Waals surface area contributed by atoms with E-state index in [1.54, 1.807) is 0 Å². The first-order chi connectivity index (χ1) is 8.49. The van der Waals surface area contributed by atoms with Crippen molar-refractivity contribution in [2.75, 3.05) is 18.8 Å². The average Bonchev–Trinajstić information content (AvgIpc) is 2.70. The van der Waals surface area contributed by atoms with Crippen LogP contribution in [0.4, 0.5) is 0 Å². The van der Waals surface area contributed by atoms with Crippen LogP contribution in [0, 0.1) is 0 Å². The molecule has 0 saturated carbocycles. The van der Waals surface area contributed by atoms with Gasteiger partial charge in [0, 0.05) is 13.1 Å². The summed E-state index contributed by atoms with van der Waals surface area (Å²) >= 11 is 0. The predicted molar refractivity (Wildman–Crippen MR) is 67.5 cm³/mol. The smallest absolute Gasteiger partial charge is 0.214 e. The first-order valence-electron chi connectivity index (χ1n) is 5.87. The highest BCUT2D eigenvalue weighted by atomic mass is 32.2. The normalized spacial score (nSPS) is 25.4. The second kappa shape index (κ2) is 5.36. The lowest BCUT2D eigenvalue weighted by molar-refractivity contribution is 0.0572. The second-order valence-electron chi connectivity index (χ2n) is 4.50. The summed E-state index contributed by atoms with van der Waals surface area (Å²) in [6.07, 6.45) is -1.51. The number of aryl methyl sites for hydroxylation is 1. The van der Waals surface area contributed by atoms with Gasteiger partial charge in [0.15, 0.2) is 0 Å². The number of β-amino-alcohol motifs (C(OH)–C–C–N with tert-alkyl or cyclic N) is 2. The number of benzene rings is 1. The number of aliphatic hydroxyl groups is 2. The minimum Gasteiger partial charge on any atom is -0.389 e. The highest BCUT2D eigenvalue weighted by Gasteiger charge is 2.36. The van der Waals surface area contributed by atoms with Crippen LogP contribution in [0.25, 0.3) is 0 Å². The Morgan fingerprint density at radius 2 is 1.67 bits per heavy atom. The lowest BCUT2D eigenvalue weighted by Gasteiger charge is -2.15. The molecule has 0 aliphatic carbocycles. The van der Waals surface area contributed by atoms with E-state index < -0.39 is 22.2 Å². The van der Waals surface area contributed by atoms with Crippen molar-refractivity contribution in [3.63, 3.8) is 0 Å². The van der Waals surface area contributed by atoms with E-state index in [1.165, 1.54) is 0 Å². The van der Waals surface area contributed by atoms with Gasteiger partial charge in [0.2, 0.25) is 10.0 Å². The molecule has 6 heteroatoms. The van der Waals surface area contributed by atoms with Crippen LogP contribution in [0.5, 0.6) is 0 Å². The molecule has 5 nitrogen and oxygen atoms in total. The monoisotopic (exact) mass is 271 g/mol. The second-order valence-corrected chi connectivity index (χ2v) is 6.59.